The number of ether oxygens (including phenoxy) is 1. The van der Waals surface area contributed by atoms with Crippen molar-refractivity contribution < 1.29 is 14.5 Å². The highest BCUT2D eigenvalue weighted by Crippen LogP contribution is 2.67. The Morgan fingerprint density at radius 1 is 1.18 bits per heavy atom. The summed E-state index contributed by atoms with van der Waals surface area (Å²) in [7, 11) is 1.43. The summed E-state index contributed by atoms with van der Waals surface area (Å²) in [5.74, 6) is 0.0180. The molecule has 2 atom stereocenters. The number of methoxy groups -OCH3 is 1. The largest absolute Gasteiger partial charge is 0.496 e. The molecule has 2 unspecified atom stereocenters. The van der Waals surface area contributed by atoms with Gasteiger partial charge in [0.25, 0.3) is 5.69 Å². The van der Waals surface area contributed by atoms with Gasteiger partial charge in [-0.1, -0.05) is 37.0 Å². The molecular formula is C23H20Cl2N4O4. The molecule has 2 aliphatic carbocycles. The number of nitro groups is 1. The average molecular weight is 487 g/mol. The Labute approximate surface area is 199 Å². The van der Waals surface area contributed by atoms with Crippen LogP contribution in [0.15, 0.2) is 30.3 Å². The summed E-state index contributed by atoms with van der Waals surface area (Å²) < 4.78 is 5.10. The van der Waals surface area contributed by atoms with Crippen molar-refractivity contribution in [2.24, 2.45) is 5.41 Å². The highest BCUT2D eigenvalue weighted by atomic mass is 35.5. The topological polar surface area (TPSA) is 107 Å². The first-order chi connectivity index (χ1) is 15.6. The molecule has 1 N–H and O–H groups in total. The lowest BCUT2D eigenvalue weighted by Gasteiger charge is -2.36. The predicted octanol–water partition coefficient (Wildman–Crippen LogP) is 5.65. The molecular weight excluding hydrogens is 467 g/mol. The van der Waals surface area contributed by atoms with Crippen LogP contribution in [0.5, 0.6) is 5.75 Å². The van der Waals surface area contributed by atoms with E-state index in [4.69, 9.17) is 37.9 Å². The van der Waals surface area contributed by atoms with Crippen LogP contribution in [0.2, 0.25) is 10.0 Å². The summed E-state index contributed by atoms with van der Waals surface area (Å²) in [5, 5.41) is 15.2. The summed E-state index contributed by atoms with van der Waals surface area (Å²) in [6, 6.07) is 7.67. The van der Waals surface area contributed by atoms with Gasteiger partial charge in [-0.3, -0.25) is 14.9 Å². The second-order valence-electron chi connectivity index (χ2n) is 9.03. The Hall–Kier alpha value is -2.97. The van der Waals surface area contributed by atoms with Crippen molar-refractivity contribution in [3.8, 4) is 5.75 Å². The third-order valence-electron chi connectivity index (χ3n) is 7.28. The minimum atomic E-state index is -0.992. The van der Waals surface area contributed by atoms with E-state index >= 15 is 0 Å². The second-order valence-corrected chi connectivity index (χ2v) is 9.84. The molecule has 33 heavy (non-hydrogen) atoms. The Morgan fingerprint density at radius 3 is 2.48 bits per heavy atom. The number of nitrogens with zero attached hydrogens (tertiary/aromatic N) is 3. The van der Waals surface area contributed by atoms with Crippen molar-refractivity contribution in [2.45, 2.75) is 38.0 Å². The van der Waals surface area contributed by atoms with Crippen LogP contribution in [0.3, 0.4) is 0 Å². The number of benzene rings is 2. The Morgan fingerprint density at radius 2 is 1.85 bits per heavy atom. The second kappa shape index (κ2) is 7.27. The lowest BCUT2D eigenvalue weighted by Crippen LogP contribution is -2.46. The Balaban J connectivity index is 1.64. The SMILES string of the molecule is COc1ccc(NC(=O)C23CCC(c4nc5cc(Cl)c(Cl)cc5nc42)C3(C)C)c([N+](=O)[O-])c1. The minimum absolute atomic E-state index is 0.0236. The summed E-state index contributed by atoms with van der Waals surface area (Å²) in [5.41, 5.74) is 0.925. The first-order valence-corrected chi connectivity index (χ1v) is 11.2. The maximum atomic E-state index is 13.9. The number of aromatic nitrogens is 2. The van der Waals surface area contributed by atoms with E-state index in [9.17, 15) is 14.9 Å². The molecule has 0 spiro atoms. The molecule has 0 radical (unpaired) electrons. The molecule has 10 heteroatoms. The fourth-order valence-electron chi connectivity index (χ4n) is 5.50. The van der Waals surface area contributed by atoms with Gasteiger partial charge < -0.3 is 10.1 Å². The quantitative estimate of drug-likeness (QED) is 0.377. The van der Waals surface area contributed by atoms with Gasteiger partial charge in [0, 0.05) is 5.92 Å². The molecule has 1 saturated carbocycles. The Kier molecular flexibility index (Phi) is 4.81. The number of rotatable bonds is 4. The number of nitrogens with one attached hydrogen (secondary N) is 1. The van der Waals surface area contributed by atoms with E-state index in [0.29, 0.717) is 38.9 Å². The lowest BCUT2D eigenvalue weighted by molar-refractivity contribution is -0.384. The van der Waals surface area contributed by atoms with E-state index in [2.05, 4.69) is 5.32 Å². The monoisotopic (exact) mass is 486 g/mol. The first-order valence-electron chi connectivity index (χ1n) is 10.4. The van der Waals surface area contributed by atoms with E-state index in [0.717, 1.165) is 12.1 Å². The minimum Gasteiger partial charge on any atom is -0.496 e. The maximum absolute atomic E-state index is 13.9. The smallest absolute Gasteiger partial charge is 0.296 e. The van der Waals surface area contributed by atoms with Gasteiger partial charge in [0.15, 0.2) is 0 Å². The highest BCUT2D eigenvalue weighted by Gasteiger charge is 2.68. The zero-order valence-corrected chi connectivity index (χ0v) is 19.6. The van der Waals surface area contributed by atoms with Crippen LogP contribution < -0.4 is 10.1 Å². The molecule has 170 valence electrons. The summed E-state index contributed by atoms with van der Waals surface area (Å²) in [6.07, 6.45) is 1.33. The number of carbonyl (C=O) groups excluding carboxylic acids is 1. The fourth-order valence-corrected chi connectivity index (χ4v) is 5.82. The van der Waals surface area contributed by atoms with Crippen molar-refractivity contribution in [2.75, 3.05) is 12.4 Å². The number of hydrogen-bond donors (Lipinski definition) is 1. The molecule has 0 aliphatic heterocycles. The van der Waals surface area contributed by atoms with Gasteiger partial charge in [-0.25, -0.2) is 9.97 Å². The van der Waals surface area contributed by atoms with E-state index < -0.39 is 15.8 Å². The fraction of sp³-hybridized carbons (Fsp3) is 0.348. The molecule has 5 rings (SSSR count). The van der Waals surface area contributed by atoms with Crippen LogP contribution in [0.4, 0.5) is 11.4 Å². The number of anilines is 1. The molecule has 8 nitrogen and oxygen atoms in total. The normalized spacial score (nSPS) is 22.3. The van der Waals surface area contributed by atoms with E-state index in [-0.39, 0.29) is 23.2 Å². The van der Waals surface area contributed by atoms with E-state index in [1.165, 1.54) is 19.2 Å². The molecule has 1 heterocycles. The molecule has 0 saturated heterocycles. The number of hydrogen-bond acceptors (Lipinski definition) is 6. The number of halogens is 2. The molecule has 2 aliphatic rings. The standard InChI is InChI=1S/C23H20Cl2N4O4/c1-22(2)12-6-7-23(22,20-19(12)26-16-9-13(24)14(25)10-17(16)27-20)21(30)28-15-5-4-11(33-3)8-18(15)29(31)32/h4-5,8-10,12H,6-7H2,1-3H3,(H,28,30). The van der Waals surface area contributed by atoms with Gasteiger partial charge in [-0.2, -0.15) is 0 Å². The van der Waals surface area contributed by atoms with Crippen LogP contribution in [0, 0.1) is 15.5 Å². The van der Waals surface area contributed by atoms with Gasteiger partial charge in [-0.05, 0) is 42.5 Å². The zero-order valence-electron chi connectivity index (χ0n) is 18.1. The molecule has 1 fully saturated rings. The van der Waals surface area contributed by atoms with Gasteiger partial charge in [0.05, 0.1) is 56.0 Å². The highest BCUT2D eigenvalue weighted by molar-refractivity contribution is 6.42. The third kappa shape index (κ3) is 2.93. The first kappa shape index (κ1) is 21.9. The Bertz CT molecular complexity index is 1360. The van der Waals surface area contributed by atoms with E-state index in [1.54, 1.807) is 18.2 Å². The van der Waals surface area contributed by atoms with Crippen molar-refractivity contribution in [1.29, 1.82) is 0 Å². The average Bonchev–Trinajstić information content (AvgIpc) is 3.14. The number of fused-ring (bicyclic) bond motifs is 6. The molecule has 3 aromatic rings. The van der Waals surface area contributed by atoms with E-state index in [1.807, 2.05) is 13.8 Å². The van der Waals surface area contributed by atoms with Crippen LogP contribution >= 0.6 is 23.2 Å². The number of carbonyl (C=O) groups is 1. The van der Waals surface area contributed by atoms with Crippen LogP contribution in [0.1, 0.15) is 44.0 Å². The zero-order chi connectivity index (χ0) is 23.7. The van der Waals surface area contributed by atoms with Gasteiger partial charge in [0.1, 0.15) is 11.4 Å². The molecule has 2 bridgehead atoms. The maximum Gasteiger partial charge on any atom is 0.296 e. The van der Waals surface area contributed by atoms with Gasteiger partial charge in [0.2, 0.25) is 5.91 Å². The number of amides is 1. The summed E-state index contributed by atoms with van der Waals surface area (Å²) in [4.78, 5) is 34.6. The van der Waals surface area contributed by atoms with Crippen molar-refractivity contribution in [1.82, 2.24) is 9.97 Å². The summed E-state index contributed by atoms with van der Waals surface area (Å²) in [6.45, 7) is 4.06. The van der Waals surface area contributed by atoms with Gasteiger partial charge >= 0.3 is 0 Å². The molecule has 2 aromatic carbocycles. The van der Waals surface area contributed by atoms with Gasteiger partial charge in [-0.15, -0.1) is 0 Å². The lowest BCUT2D eigenvalue weighted by atomic mass is 9.67. The van der Waals surface area contributed by atoms with Crippen LogP contribution in [-0.4, -0.2) is 27.9 Å². The summed E-state index contributed by atoms with van der Waals surface area (Å²) >= 11 is 12.4. The van der Waals surface area contributed by atoms with Crippen LogP contribution in [-0.2, 0) is 10.2 Å². The molecule has 1 aromatic heterocycles. The molecule has 1 amide bonds. The predicted molar refractivity (Wildman–Crippen MR) is 125 cm³/mol. The number of nitro benzene ring substituents is 1. The van der Waals surface area contributed by atoms with Crippen molar-refractivity contribution in [3.63, 3.8) is 0 Å². The van der Waals surface area contributed by atoms with Crippen LogP contribution in [0.25, 0.3) is 11.0 Å². The van der Waals surface area contributed by atoms with Crippen molar-refractivity contribution >= 4 is 51.5 Å². The van der Waals surface area contributed by atoms with Crippen molar-refractivity contribution in [3.05, 3.63) is 61.9 Å². The third-order valence-corrected chi connectivity index (χ3v) is 8.01.